The number of rotatable bonds is 5. The number of carbonyl (C=O) groups is 1. The van der Waals surface area contributed by atoms with E-state index in [1.807, 2.05) is 13.2 Å². The number of hydrogen-bond acceptors (Lipinski definition) is 6. The molecule has 0 unspecified atom stereocenters. The maximum absolute atomic E-state index is 12.3. The van der Waals surface area contributed by atoms with Crippen LogP contribution >= 0.6 is 11.3 Å². The molecule has 0 aliphatic carbocycles. The summed E-state index contributed by atoms with van der Waals surface area (Å²) in [5.74, 6) is -0.0275. The zero-order valence-corrected chi connectivity index (χ0v) is 15.2. The Balaban J connectivity index is 1.62. The molecule has 2 aromatic heterocycles. The number of aromatic nitrogens is 3. The van der Waals surface area contributed by atoms with Gasteiger partial charge in [-0.2, -0.15) is 5.10 Å². The van der Waals surface area contributed by atoms with Crippen molar-refractivity contribution < 1.29 is 13.2 Å². The van der Waals surface area contributed by atoms with E-state index in [1.165, 1.54) is 15.6 Å². The van der Waals surface area contributed by atoms with E-state index in [4.69, 9.17) is 0 Å². The van der Waals surface area contributed by atoms with Gasteiger partial charge < -0.3 is 5.32 Å². The summed E-state index contributed by atoms with van der Waals surface area (Å²) in [6.45, 7) is 2.91. The van der Waals surface area contributed by atoms with Crippen molar-refractivity contribution in [3.05, 3.63) is 23.0 Å². The van der Waals surface area contributed by atoms with Crippen LogP contribution in [0.15, 0.2) is 12.4 Å². The smallest absolute Gasteiger partial charge is 0.263 e. The van der Waals surface area contributed by atoms with Gasteiger partial charge in [0.1, 0.15) is 9.88 Å². The first kappa shape index (κ1) is 17.1. The minimum atomic E-state index is -3.12. The minimum Gasteiger partial charge on any atom is -0.350 e. The third-order valence-corrected chi connectivity index (χ3v) is 6.97. The molecule has 3 heterocycles. The molecule has 1 N–H and O–H groups in total. The van der Waals surface area contributed by atoms with Crippen LogP contribution in [0.3, 0.4) is 0 Å². The quantitative estimate of drug-likeness (QED) is 0.833. The van der Waals surface area contributed by atoms with Crippen molar-refractivity contribution in [2.45, 2.75) is 13.3 Å². The summed E-state index contributed by atoms with van der Waals surface area (Å²) in [6.07, 6.45) is 4.20. The average Bonchev–Trinajstić information content (AvgIpc) is 3.19. The van der Waals surface area contributed by atoms with Gasteiger partial charge in [-0.05, 0) is 13.3 Å². The van der Waals surface area contributed by atoms with Crippen molar-refractivity contribution in [3.63, 3.8) is 0 Å². The summed E-state index contributed by atoms with van der Waals surface area (Å²) < 4.78 is 26.5. The summed E-state index contributed by atoms with van der Waals surface area (Å²) in [5, 5.41) is 7.63. The highest BCUT2D eigenvalue weighted by molar-refractivity contribution is 7.89. The first-order chi connectivity index (χ1) is 11.4. The van der Waals surface area contributed by atoms with Gasteiger partial charge in [0.25, 0.3) is 5.91 Å². The summed E-state index contributed by atoms with van der Waals surface area (Å²) in [6, 6.07) is 0. The highest BCUT2D eigenvalue weighted by Crippen LogP contribution is 2.27. The number of nitrogens with one attached hydrogen (secondary N) is 1. The zero-order chi connectivity index (χ0) is 17.3. The molecular weight excluding hydrogens is 350 g/mol. The Morgan fingerprint density at radius 1 is 1.46 bits per heavy atom. The largest absolute Gasteiger partial charge is 0.350 e. The number of amides is 1. The summed E-state index contributed by atoms with van der Waals surface area (Å²) in [4.78, 5) is 17.3. The molecule has 1 aliphatic rings. The number of thiazole rings is 1. The van der Waals surface area contributed by atoms with Gasteiger partial charge in [0.2, 0.25) is 10.0 Å². The molecule has 8 nitrogen and oxygen atoms in total. The van der Waals surface area contributed by atoms with Crippen LogP contribution in [0.4, 0.5) is 0 Å². The molecule has 0 aromatic carbocycles. The second-order valence-electron chi connectivity index (χ2n) is 5.66. The molecule has 10 heteroatoms. The van der Waals surface area contributed by atoms with Gasteiger partial charge in [0.05, 0.1) is 17.6 Å². The Bertz CT molecular complexity index is 856. The van der Waals surface area contributed by atoms with Gasteiger partial charge >= 0.3 is 0 Å². The lowest BCUT2D eigenvalue weighted by atomic mass is 10.3. The van der Waals surface area contributed by atoms with Crippen LogP contribution < -0.4 is 5.32 Å². The molecule has 24 heavy (non-hydrogen) atoms. The average molecular weight is 369 g/mol. The molecule has 0 saturated carbocycles. The molecule has 130 valence electrons. The minimum absolute atomic E-state index is 0.198. The zero-order valence-electron chi connectivity index (χ0n) is 13.5. The van der Waals surface area contributed by atoms with Crippen LogP contribution in [0.25, 0.3) is 10.6 Å². The van der Waals surface area contributed by atoms with Crippen molar-refractivity contribution >= 4 is 27.3 Å². The van der Waals surface area contributed by atoms with Crippen molar-refractivity contribution in [1.82, 2.24) is 24.4 Å². The van der Waals surface area contributed by atoms with E-state index in [0.29, 0.717) is 30.1 Å². The van der Waals surface area contributed by atoms with Crippen molar-refractivity contribution in [1.29, 1.82) is 0 Å². The highest BCUT2D eigenvalue weighted by atomic mass is 32.2. The standard InChI is InChI=1S/C14H19N5O3S2/c1-10-12(23-14(17-10)11-8-16-18(2)9-11)13(20)15-4-6-19-5-3-7-24(19,21)22/h8-9H,3-7H2,1-2H3,(H,15,20). The van der Waals surface area contributed by atoms with E-state index in [0.717, 1.165) is 10.6 Å². The van der Waals surface area contributed by atoms with Crippen LogP contribution in [0.5, 0.6) is 0 Å². The van der Waals surface area contributed by atoms with E-state index in [9.17, 15) is 13.2 Å². The van der Waals surface area contributed by atoms with Gasteiger partial charge in [-0.1, -0.05) is 0 Å². The van der Waals surface area contributed by atoms with E-state index in [2.05, 4.69) is 15.4 Å². The number of aryl methyl sites for hydroxylation is 2. The van der Waals surface area contributed by atoms with E-state index < -0.39 is 10.0 Å². The third-order valence-electron chi connectivity index (χ3n) is 3.80. The lowest BCUT2D eigenvalue weighted by molar-refractivity contribution is 0.0955. The summed E-state index contributed by atoms with van der Waals surface area (Å²) in [5.41, 5.74) is 1.53. The first-order valence-corrected chi connectivity index (χ1v) is 10.0. The molecule has 0 bridgehead atoms. The molecule has 0 radical (unpaired) electrons. The Morgan fingerprint density at radius 2 is 2.25 bits per heavy atom. The summed E-state index contributed by atoms with van der Waals surface area (Å²) in [7, 11) is -1.30. The molecule has 1 fully saturated rings. The van der Waals surface area contributed by atoms with Gasteiger partial charge in [-0.25, -0.2) is 17.7 Å². The fourth-order valence-electron chi connectivity index (χ4n) is 2.58. The predicted octanol–water partition coefficient (Wildman–Crippen LogP) is 0.617. The lowest BCUT2D eigenvalue weighted by Gasteiger charge is -2.14. The van der Waals surface area contributed by atoms with Crippen LogP contribution in [-0.4, -0.2) is 58.8 Å². The van der Waals surface area contributed by atoms with Crippen LogP contribution in [-0.2, 0) is 17.1 Å². The third kappa shape index (κ3) is 3.50. The van der Waals surface area contributed by atoms with Gasteiger partial charge in [-0.3, -0.25) is 9.48 Å². The molecule has 1 amide bonds. The molecule has 1 aliphatic heterocycles. The van der Waals surface area contributed by atoms with Gasteiger partial charge in [-0.15, -0.1) is 11.3 Å². The Kier molecular flexibility index (Phi) is 4.70. The van der Waals surface area contributed by atoms with Crippen molar-refractivity contribution in [2.24, 2.45) is 7.05 Å². The van der Waals surface area contributed by atoms with Gasteiger partial charge in [0.15, 0.2) is 0 Å². The topological polar surface area (TPSA) is 97.2 Å². The molecule has 1 saturated heterocycles. The highest BCUT2D eigenvalue weighted by Gasteiger charge is 2.27. The molecule has 0 spiro atoms. The maximum Gasteiger partial charge on any atom is 0.263 e. The monoisotopic (exact) mass is 369 g/mol. The fraction of sp³-hybridized carbons (Fsp3) is 0.500. The van der Waals surface area contributed by atoms with E-state index in [-0.39, 0.29) is 18.2 Å². The second kappa shape index (κ2) is 6.61. The molecular formula is C14H19N5O3S2. The maximum atomic E-state index is 12.3. The normalized spacial score (nSPS) is 17.2. The fourth-order valence-corrected chi connectivity index (χ4v) is 5.07. The van der Waals surface area contributed by atoms with E-state index >= 15 is 0 Å². The van der Waals surface area contributed by atoms with Crippen LogP contribution in [0, 0.1) is 6.92 Å². The Morgan fingerprint density at radius 3 is 2.88 bits per heavy atom. The Hall–Kier alpha value is -1.78. The number of sulfonamides is 1. The number of nitrogens with zero attached hydrogens (tertiary/aromatic N) is 4. The molecule has 2 aromatic rings. The summed E-state index contributed by atoms with van der Waals surface area (Å²) >= 11 is 1.31. The molecule has 3 rings (SSSR count). The van der Waals surface area contributed by atoms with Crippen molar-refractivity contribution in [3.8, 4) is 10.6 Å². The SMILES string of the molecule is Cc1nc(-c2cnn(C)c2)sc1C(=O)NCCN1CCCS1(=O)=O. The molecule has 0 atom stereocenters. The predicted molar refractivity (Wildman–Crippen MR) is 91.4 cm³/mol. The van der Waals surface area contributed by atoms with Crippen molar-refractivity contribution in [2.75, 3.05) is 25.4 Å². The first-order valence-electron chi connectivity index (χ1n) is 7.59. The van der Waals surface area contributed by atoms with Crippen LogP contribution in [0.2, 0.25) is 0 Å². The number of carbonyl (C=O) groups excluding carboxylic acids is 1. The second-order valence-corrected chi connectivity index (χ2v) is 8.75. The number of hydrogen-bond donors (Lipinski definition) is 1. The lowest BCUT2D eigenvalue weighted by Crippen LogP contribution is -2.35. The van der Waals surface area contributed by atoms with Gasteiger partial charge in [0, 0.05) is 38.4 Å². The van der Waals surface area contributed by atoms with Crippen LogP contribution in [0.1, 0.15) is 21.8 Å². The van der Waals surface area contributed by atoms with E-state index in [1.54, 1.807) is 17.8 Å². The Labute approximate surface area is 144 Å².